The quantitative estimate of drug-likeness (QED) is 0.502. The first-order chi connectivity index (χ1) is 10.9. The first kappa shape index (κ1) is 21.3. The van der Waals surface area contributed by atoms with Gasteiger partial charge in [0.15, 0.2) is 8.32 Å². The van der Waals surface area contributed by atoms with E-state index in [1.807, 2.05) is 37.3 Å². The molecule has 4 nitrogen and oxygen atoms in total. The molecule has 138 valence electrons. The average molecular weight is 373 g/mol. The van der Waals surface area contributed by atoms with Gasteiger partial charge < -0.3 is 4.43 Å². The molecule has 0 fully saturated rings. The standard InChI is InChI=1S/C18H32O4SSi/c1-8-16(21-23(5,19)20)17(14-15-12-10-9-11-13-15)22-24(6,7)18(2,3)4/h9-13,16-17H,8,14H2,1-7H3/t16-,17-/m0/s1. The van der Waals surface area contributed by atoms with Crippen molar-refractivity contribution in [1.29, 1.82) is 0 Å². The zero-order valence-corrected chi connectivity index (χ0v) is 17.8. The molecule has 0 saturated heterocycles. The summed E-state index contributed by atoms with van der Waals surface area (Å²) in [6.07, 6.45) is 1.56. The Bertz CT molecular complexity index is 606. The van der Waals surface area contributed by atoms with E-state index in [0.717, 1.165) is 11.8 Å². The van der Waals surface area contributed by atoms with Gasteiger partial charge in [-0.1, -0.05) is 58.0 Å². The lowest BCUT2D eigenvalue weighted by Crippen LogP contribution is -2.48. The summed E-state index contributed by atoms with van der Waals surface area (Å²) in [7, 11) is -5.58. The van der Waals surface area contributed by atoms with E-state index in [-0.39, 0.29) is 11.1 Å². The summed E-state index contributed by atoms with van der Waals surface area (Å²) in [4.78, 5) is 0. The fraction of sp³-hybridized carbons (Fsp3) is 0.667. The Morgan fingerprint density at radius 1 is 1.08 bits per heavy atom. The summed E-state index contributed by atoms with van der Waals surface area (Å²) in [5.74, 6) is 0. The van der Waals surface area contributed by atoms with Crippen LogP contribution in [0.15, 0.2) is 30.3 Å². The average Bonchev–Trinajstić information content (AvgIpc) is 2.42. The van der Waals surface area contributed by atoms with Crippen molar-refractivity contribution in [1.82, 2.24) is 0 Å². The van der Waals surface area contributed by atoms with Crippen molar-refractivity contribution >= 4 is 18.4 Å². The van der Waals surface area contributed by atoms with Gasteiger partial charge in [0.05, 0.1) is 12.4 Å². The van der Waals surface area contributed by atoms with Crippen LogP contribution >= 0.6 is 0 Å². The Morgan fingerprint density at radius 2 is 1.62 bits per heavy atom. The number of rotatable bonds is 8. The van der Waals surface area contributed by atoms with Crippen LogP contribution in [0, 0.1) is 0 Å². The minimum Gasteiger partial charge on any atom is -0.411 e. The largest absolute Gasteiger partial charge is 0.411 e. The van der Waals surface area contributed by atoms with Crippen molar-refractivity contribution in [3.8, 4) is 0 Å². The Labute approximate surface area is 148 Å². The summed E-state index contributed by atoms with van der Waals surface area (Å²) < 4.78 is 35.2. The fourth-order valence-corrected chi connectivity index (χ4v) is 4.32. The molecule has 0 heterocycles. The highest BCUT2D eigenvalue weighted by Crippen LogP contribution is 2.38. The first-order valence-electron chi connectivity index (χ1n) is 8.45. The molecule has 1 aromatic rings. The molecule has 0 N–H and O–H groups in total. The minimum atomic E-state index is -3.53. The third kappa shape index (κ3) is 6.67. The molecule has 0 aromatic heterocycles. The summed E-state index contributed by atoms with van der Waals surface area (Å²) >= 11 is 0. The molecule has 0 spiro atoms. The van der Waals surface area contributed by atoms with Crippen LogP contribution in [0.25, 0.3) is 0 Å². The van der Waals surface area contributed by atoms with Crippen LogP contribution in [0.3, 0.4) is 0 Å². The van der Waals surface area contributed by atoms with Crippen molar-refractivity contribution in [2.75, 3.05) is 6.26 Å². The van der Waals surface area contributed by atoms with Gasteiger partial charge in [-0.25, -0.2) is 0 Å². The molecule has 0 aliphatic rings. The Balaban J connectivity index is 3.10. The van der Waals surface area contributed by atoms with Crippen LogP contribution < -0.4 is 0 Å². The maximum Gasteiger partial charge on any atom is 0.264 e. The molecule has 0 unspecified atom stereocenters. The van der Waals surface area contributed by atoms with E-state index in [9.17, 15) is 8.42 Å². The number of benzene rings is 1. The topological polar surface area (TPSA) is 52.6 Å². The monoisotopic (exact) mass is 372 g/mol. The molecule has 24 heavy (non-hydrogen) atoms. The minimum absolute atomic E-state index is 0.0469. The first-order valence-corrected chi connectivity index (χ1v) is 13.2. The Hall–Kier alpha value is -0.693. The predicted molar refractivity (Wildman–Crippen MR) is 102 cm³/mol. The normalized spacial score (nSPS) is 16.0. The second kappa shape index (κ2) is 8.12. The Morgan fingerprint density at radius 3 is 2.04 bits per heavy atom. The van der Waals surface area contributed by atoms with Crippen LogP contribution in [0.5, 0.6) is 0 Å². The van der Waals surface area contributed by atoms with Crippen molar-refractivity contribution in [3.63, 3.8) is 0 Å². The van der Waals surface area contributed by atoms with Gasteiger partial charge in [-0.3, -0.25) is 4.18 Å². The third-order valence-corrected chi connectivity index (χ3v) is 9.75. The van der Waals surface area contributed by atoms with Gasteiger partial charge in [-0.15, -0.1) is 0 Å². The third-order valence-electron chi connectivity index (χ3n) is 4.65. The van der Waals surface area contributed by atoms with Crippen LogP contribution in [0.1, 0.15) is 39.7 Å². The SMILES string of the molecule is CC[C@H](OS(C)(=O)=O)[C@H](Cc1ccccc1)O[Si](C)(C)C(C)(C)C. The van der Waals surface area contributed by atoms with Crippen molar-refractivity contribution in [2.45, 2.75) is 70.9 Å². The van der Waals surface area contributed by atoms with Crippen LogP contribution in [0.4, 0.5) is 0 Å². The summed E-state index contributed by atoms with van der Waals surface area (Å²) in [5, 5.41) is 0.0469. The van der Waals surface area contributed by atoms with Gasteiger partial charge in [-0.05, 0) is 36.5 Å². The summed E-state index contributed by atoms with van der Waals surface area (Å²) in [6, 6.07) is 10.0. The van der Waals surface area contributed by atoms with E-state index in [1.165, 1.54) is 0 Å². The van der Waals surface area contributed by atoms with Gasteiger partial charge in [0.1, 0.15) is 6.10 Å². The van der Waals surface area contributed by atoms with E-state index in [4.69, 9.17) is 8.61 Å². The molecule has 1 aromatic carbocycles. The van der Waals surface area contributed by atoms with E-state index in [1.54, 1.807) is 0 Å². The van der Waals surface area contributed by atoms with Gasteiger partial charge in [0, 0.05) is 0 Å². The molecule has 1 rings (SSSR count). The second-order valence-corrected chi connectivity index (χ2v) is 14.2. The van der Waals surface area contributed by atoms with Crippen LogP contribution in [0.2, 0.25) is 18.1 Å². The molecule has 0 amide bonds. The predicted octanol–water partition coefficient (Wildman–Crippen LogP) is 4.37. The highest BCUT2D eigenvalue weighted by molar-refractivity contribution is 7.86. The zero-order chi connectivity index (χ0) is 18.6. The van der Waals surface area contributed by atoms with Gasteiger partial charge >= 0.3 is 0 Å². The van der Waals surface area contributed by atoms with Crippen molar-refractivity contribution in [3.05, 3.63) is 35.9 Å². The van der Waals surface area contributed by atoms with Crippen molar-refractivity contribution < 1.29 is 17.0 Å². The second-order valence-electron chi connectivity index (χ2n) is 7.85. The maximum absolute atomic E-state index is 11.7. The van der Waals surface area contributed by atoms with Crippen molar-refractivity contribution in [2.24, 2.45) is 0 Å². The molecule has 0 radical (unpaired) electrons. The Kier molecular flexibility index (Phi) is 7.23. The molecule has 0 aliphatic carbocycles. The van der Waals surface area contributed by atoms with E-state index < -0.39 is 24.5 Å². The molecule has 6 heteroatoms. The molecule has 2 atom stereocenters. The lowest BCUT2D eigenvalue weighted by atomic mass is 10.0. The highest BCUT2D eigenvalue weighted by Gasteiger charge is 2.41. The van der Waals surface area contributed by atoms with E-state index in [2.05, 4.69) is 33.9 Å². The van der Waals surface area contributed by atoms with Gasteiger partial charge in [0.25, 0.3) is 10.1 Å². The molecule has 0 aliphatic heterocycles. The molecule has 0 bridgehead atoms. The number of hydrogen-bond donors (Lipinski definition) is 0. The lowest BCUT2D eigenvalue weighted by molar-refractivity contribution is 0.0470. The zero-order valence-electron chi connectivity index (χ0n) is 16.0. The molecule has 0 saturated carbocycles. The molecular weight excluding hydrogens is 340 g/mol. The maximum atomic E-state index is 11.7. The highest BCUT2D eigenvalue weighted by atomic mass is 32.2. The fourth-order valence-electron chi connectivity index (χ4n) is 2.27. The lowest BCUT2D eigenvalue weighted by Gasteiger charge is -2.41. The molecular formula is C18H32O4SSi. The smallest absolute Gasteiger partial charge is 0.264 e. The van der Waals surface area contributed by atoms with Gasteiger partial charge in [0.2, 0.25) is 0 Å². The summed E-state index contributed by atoms with van der Waals surface area (Å²) in [5.41, 5.74) is 1.12. The van der Waals surface area contributed by atoms with Crippen LogP contribution in [-0.4, -0.2) is 35.2 Å². The number of hydrogen-bond acceptors (Lipinski definition) is 4. The summed E-state index contributed by atoms with van der Waals surface area (Å²) in [6.45, 7) is 12.8. The van der Waals surface area contributed by atoms with E-state index >= 15 is 0 Å². The van der Waals surface area contributed by atoms with Crippen LogP contribution in [-0.2, 0) is 25.1 Å². The van der Waals surface area contributed by atoms with E-state index in [0.29, 0.717) is 12.8 Å². The van der Waals surface area contributed by atoms with Gasteiger partial charge in [-0.2, -0.15) is 8.42 Å².